The number of carboxylic acids is 1. The van der Waals surface area contributed by atoms with Crippen molar-refractivity contribution in [2.45, 2.75) is 19.6 Å². The molecule has 31 heavy (non-hydrogen) atoms. The second kappa shape index (κ2) is 7.95. The number of thiazole rings is 1. The molecule has 0 unspecified atom stereocenters. The van der Waals surface area contributed by atoms with Gasteiger partial charge in [-0.1, -0.05) is 18.2 Å². The smallest absolute Gasteiger partial charge is 0.419 e. The van der Waals surface area contributed by atoms with Crippen LogP contribution in [0.4, 0.5) is 13.2 Å². The Labute approximate surface area is 178 Å². The van der Waals surface area contributed by atoms with Gasteiger partial charge in [-0.15, -0.1) is 11.3 Å². The zero-order chi connectivity index (χ0) is 22.2. The van der Waals surface area contributed by atoms with E-state index in [0.717, 1.165) is 22.8 Å². The Hall–Kier alpha value is -3.53. The molecule has 10 heteroatoms. The highest BCUT2D eigenvalue weighted by atomic mass is 32.1. The molecule has 0 atom stereocenters. The molecule has 0 bridgehead atoms. The third kappa shape index (κ3) is 4.48. The number of aromatic nitrogens is 4. The molecule has 0 amide bonds. The average molecular weight is 444 g/mol. The van der Waals surface area contributed by atoms with Crippen LogP contribution in [0.5, 0.6) is 0 Å². The number of rotatable bonds is 5. The number of carbonyl (C=O) groups is 1. The molecule has 4 aromatic rings. The van der Waals surface area contributed by atoms with Crippen molar-refractivity contribution in [1.29, 1.82) is 0 Å². The summed E-state index contributed by atoms with van der Waals surface area (Å²) in [5.74, 6) is -0.999. The van der Waals surface area contributed by atoms with E-state index >= 15 is 0 Å². The molecule has 0 spiro atoms. The summed E-state index contributed by atoms with van der Waals surface area (Å²) < 4.78 is 39.5. The number of aryl methyl sites for hydroxylation is 1. The van der Waals surface area contributed by atoms with Crippen LogP contribution in [-0.2, 0) is 12.7 Å². The van der Waals surface area contributed by atoms with Gasteiger partial charge >= 0.3 is 12.1 Å². The lowest BCUT2D eigenvalue weighted by atomic mass is 10.1. The summed E-state index contributed by atoms with van der Waals surface area (Å²) >= 11 is 1.34. The molecule has 0 aliphatic rings. The van der Waals surface area contributed by atoms with Crippen LogP contribution in [0, 0.1) is 6.92 Å². The SMILES string of the molecule is Cc1nc(Cn2cc(C(F)(F)F)cn2)sc1-c1cccc(-c2ccc(C(=O)O)cc2)n1. The number of benzene rings is 1. The first-order valence-electron chi connectivity index (χ1n) is 9.08. The molecule has 158 valence electrons. The van der Waals surface area contributed by atoms with Crippen molar-refractivity contribution < 1.29 is 23.1 Å². The summed E-state index contributed by atoms with van der Waals surface area (Å²) in [6, 6.07) is 11.9. The largest absolute Gasteiger partial charge is 0.478 e. The fraction of sp³-hybridized carbons (Fsp3) is 0.143. The molecule has 0 aliphatic carbocycles. The molecule has 1 aromatic carbocycles. The number of carboxylic acid groups (broad SMARTS) is 1. The molecular formula is C21H15F3N4O2S. The minimum atomic E-state index is -4.44. The van der Waals surface area contributed by atoms with Crippen LogP contribution in [0.3, 0.4) is 0 Å². The van der Waals surface area contributed by atoms with Crippen molar-refractivity contribution in [3.05, 3.63) is 76.7 Å². The molecule has 0 saturated heterocycles. The molecule has 4 rings (SSSR count). The third-order valence-corrected chi connectivity index (χ3v) is 5.67. The number of halogens is 3. The Morgan fingerprint density at radius 2 is 1.81 bits per heavy atom. The van der Waals surface area contributed by atoms with Crippen LogP contribution in [0.25, 0.3) is 21.8 Å². The van der Waals surface area contributed by atoms with Gasteiger partial charge in [0.1, 0.15) is 5.01 Å². The predicted molar refractivity (Wildman–Crippen MR) is 109 cm³/mol. The lowest BCUT2D eigenvalue weighted by molar-refractivity contribution is -0.137. The monoisotopic (exact) mass is 444 g/mol. The van der Waals surface area contributed by atoms with Gasteiger partial charge in [0, 0.05) is 11.8 Å². The van der Waals surface area contributed by atoms with Crippen LogP contribution in [-0.4, -0.2) is 30.8 Å². The Bertz CT molecular complexity index is 1250. The maximum atomic E-state index is 12.8. The number of aromatic carboxylic acids is 1. The summed E-state index contributed by atoms with van der Waals surface area (Å²) in [5, 5.41) is 13.4. The van der Waals surface area contributed by atoms with Gasteiger partial charge in [0.2, 0.25) is 0 Å². The standard InChI is InChI=1S/C21H15F3N4O2S/c1-12-19(31-18(26-12)11-28-10-15(9-25-28)21(22,23)24)17-4-2-3-16(27-17)13-5-7-14(8-6-13)20(29)30/h2-10H,11H2,1H3,(H,29,30). The van der Waals surface area contributed by atoms with Gasteiger partial charge in [0.05, 0.1) is 45.8 Å². The minimum absolute atomic E-state index is 0.123. The van der Waals surface area contributed by atoms with E-state index in [1.54, 1.807) is 12.1 Å². The summed E-state index contributed by atoms with van der Waals surface area (Å²) in [5.41, 5.74) is 2.22. The van der Waals surface area contributed by atoms with Gasteiger partial charge in [-0.05, 0) is 31.2 Å². The fourth-order valence-corrected chi connectivity index (χ4v) is 4.02. The fourth-order valence-electron chi connectivity index (χ4n) is 3.00. The average Bonchev–Trinajstić information content (AvgIpc) is 3.35. The first kappa shape index (κ1) is 20.7. The highest BCUT2D eigenvalue weighted by Crippen LogP contribution is 2.32. The number of alkyl halides is 3. The highest BCUT2D eigenvalue weighted by molar-refractivity contribution is 7.15. The van der Waals surface area contributed by atoms with Crippen LogP contribution < -0.4 is 0 Å². The number of hydrogen-bond donors (Lipinski definition) is 1. The van der Waals surface area contributed by atoms with Crippen molar-refractivity contribution in [3.8, 4) is 21.8 Å². The maximum Gasteiger partial charge on any atom is 0.419 e. The third-order valence-electron chi connectivity index (χ3n) is 4.51. The first-order valence-corrected chi connectivity index (χ1v) is 9.89. The Morgan fingerprint density at radius 3 is 2.45 bits per heavy atom. The summed E-state index contributed by atoms with van der Waals surface area (Å²) in [6.07, 6.45) is -2.69. The van der Waals surface area contributed by atoms with Gasteiger partial charge in [0.25, 0.3) is 0 Å². The molecule has 3 aromatic heterocycles. The van der Waals surface area contributed by atoms with Crippen molar-refractivity contribution in [1.82, 2.24) is 19.7 Å². The van der Waals surface area contributed by atoms with Crippen LogP contribution in [0.2, 0.25) is 0 Å². The van der Waals surface area contributed by atoms with Gasteiger partial charge < -0.3 is 5.11 Å². The molecule has 1 N–H and O–H groups in total. The Morgan fingerprint density at radius 1 is 1.10 bits per heavy atom. The first-order chi connectivity index (χ1) is 14.7. The molecule has 0 fully saturated rings. The van der Waals surface area contributed by atoms with E-state index in [0.29, 0.717) is 22.1 Å². The van der Waals surface area contributed by atoms with E-state index in [-0.39, 0.29) is 12.1 Å². The Balaban J connectivity index is 1.59. The van der Waals surface area contributed by atoms with Gasteiger partial charge in [-0.3, -0.25) is 4.68 Å². The lowest BCUT2D eigenvalue weighted by Gasteiger charge is -2.04. The van der Waals surface area contributed by atoms with Gasteiger partial charge in [-0.2, -0.15) is 18.3 Å². The number of hydrogen-bond acceptors (Lipinski definition) is 5. The molecule has 0 radical (unpaired) electrons. The van der Waals surface area contributed by atoms with Crippen molar-refractivity contribution in [3.63, 3.8) is 0 Å². The van der Waals surface area contributed by atoms with E-state index in [4.69, 9.17) is 5.11 Å². The van der Waals surface area contributed by atoms with Gasteiger partial charge in [0.15, 0.2) is 0 Å². The van der Waals surface area contributed by atoms with E-state index in [9.17, 15) is 18.0 Å². The van der Waals surface area contributed by atoms with E-state index in [1.165, 1.54) is 28.2 Å². The second-order valence-electron chi connectivity index (χ2n) is 6.74. The van der Waals surface area contributed by atoms with Crippen molar-refractivity contribution in [2.24, 2.45) is 0 Å². The zero-order valence-electron chi connectivity index (χ0n) is 16.1. The van der Waals surface area contributed by atoms with Crippen LogP contribution >= 0.6 is 11.3 Å². The minimum Gasteiger partial charge on any atom is -0.478 e. The zero-order valence-corrected chi connectivity index (χ0v) is 16.9. The highest BCUT2D eigenvalue weighted by Gasteiger charge is 2.32. The molecule has 3 heterocycles. The normalized spacial score (nSPS) is 11.6. The lowest BCUT2D eigenvalue weighted by Crippen LogP contribution is -2.03. The van der Waals surface area contributed by atoms with E-state index < -0.39 is 17.7 Å². The second-order valence-corrected chi connectivity index (χ2v) is 7.82. The number of nitrogens with zero attached hydrogens (tertiary/aromatic N) is 4. The van der Waals surface area contributed by atoms with E-state index in [1.807, 2.05) is 25.1 Å². The summed E-state index contributed by atoms with van der Waals surface area (Å²) in [7, 11) is 0. The quantitative estimate of drug-likeness (QED) is 0.461. The summed E-state index contributed by atoms with van der Waals surface area (Å²) in [6.45, 7) is 1.94. The van der Waals surface area contributed by atoms with Crippen LogP contribution in [0.1, 0.15) is 26.6 Å². The topological polar surface area (TPSA) is 80.9 Å². The van der Waals surface area contributed by atoms with E-state index in [2.05, 4.69) is 15.1 Å². The van der Waals surface area contributed by atoms with Crippen LogP contribution in [0.15, 0.2) is 54.9 Å². The molecule has 0 aliphatic heterocycles. The predicted octanol–water partition coefficient (Wildman–Crippen LogP) is 5.14. The summed E-state index contributed by atoms with van der Waals surface area (Å²) in [4.78, 5) is 20.9. The van der Waals surface area contributed by atoms with Crippen molar-refractivity contribution >= 4 is 17.3 Å². The van der Waals surface area contributed by atoms with Crippen molar-refractivity contribution in [2.75, 3.05) is 0 Å². The molecular weight excluding hydrogens is 429 g/mol. The maximum absolute atomic E-state index is 12.8. The molecule has 0 saturated carbocycles. The Kier molecular flexibility index (Phi) is 5.32. The number of pyridine rings is 1. The molecule has 6 nitrogen and oxygen atoms in total. The van der Waals surface area contributed by atoms with Gasteiger partial charge in [-0.25, -0.2) is 14.8 Å².